The Bertz CT molecular complexity index is 674. The summed E-state index contributed by atoms with van der Waals surface area (Å²) in [5.74, 6) is -1.07. The molecule has 0 bridgehead atoms. The lowest BCUT2D eigenvalue weighted by molar-refractivity contribution is -0.137. The molecule has 138 valence electrons. The lowest BCUT2D eigenvalue weighted by atomic mass is 10.0. The number of hydrogen-bond acceptors (Lipinski definition) is 3. The van der Waals surface area contributed by atoms with Gasteiger partial charge in [0.15, 0.2) is 0 Å². The molecule has 5 nitrogen and oxygen atoms in total. The van der Waals surface area contributed by atoms with E-state index in [-0.39, 0.29) is 24.9 Å². The molecule has 0 aliphatic rings. The number of aryl methyl sites for hydroxylation is 1. The van der Waals surface area contributed by atoms with Crippen molar-refractivity contribution in [2.75, 3.05) is 13.1 Å². The van der Waals surface area contributed by atoms with Crippen LogP contribution < -0.4 is 10.6 Å². The van der Waals surface area contributed by atoms with Crippen LogP contribution in [-0.2, 0) is 22.4 Å². The third-order valence-corrected chi connectivity index (χ3v) is 4.13. The molecule has 0 saturated carbocycles. The Morgan fingerprint density at radius 3 is 2.04 bits per heavy atom. The van der Waals surface area contributed by atoms with Gasteiger partial charge in [0, 0.05) is 6.04 Å². The summed E-state index contributed by atoms with van der Waals surface area (Å²) < 4.78 is 0. The van der Waals surface area contributed by atoms with Gasteiger partial charge in [0.25, 0.3) is 0 Å². The smallest absolute Gasteiger partial charge is 0.305 e. The number of amides is 1. The number of rotatable bonds is 11. The standard InChI is InChI=1S/C21H26N2O3/c24-20(16-22-14-13-18-9-5-2-6-10-18)23-19(15-21(25)26)12-11-17-7-3-1-4-8-17/h1-10,19,22H,11-16H2,(H,23,24)(H,25,26)/t19-/m1/s1. The van der Waals surface area contributed by atoms with Crippen LogP contribution in [0, 0.1) is 0 Å². The molecular formula is C21H26N2O3. The van der Waals surface area contributed by atoms with E-state index in [0.29, 0.717) is 13.0 Å². The van der Waals surface area contributed by atoms with Crippen LogP contribution in [0.15, 0.2) is 60.7 Å². The molecule has 1 amide bonds. The Labute approximate surface area is 154 Å². The van der Waals surface area contributed by atoms with Crippen LogP contribution in [0.3, 0.4) is 0 Å². The lowest BCUT2D eigenvalue weighted by Gasteiger charge is -2.17. The third kappa shape index (κ3) is 7.94. The number of aliphatic carboxylic acids is 1. The number of benzene rings is 2. The fourth-order valence-corrected chi connectivity index (χ4v) is 2.78. The Kier molecular flexibility index (Phi) is 8.36. The van der Waals surface area contributed by atoms with Crippen molar-refractivity contribution in [3.05, 3.63) is 71.8 Å². The van der Waals surface area contributed by atoms with E-state index in [0.717, 1.165) is 18.4 Å². The molecule has 3 N–H and O–H groups in total. The summed E-state index contributed by atoms with van der Waals surface area (Å²) in [4.78, 5) is 23.1. The van der Waals surface area contributed by atoms with Gasteiger partial charge in [-0.05, 0) is 36.9 Å². The predicted molar refractivity (Wildman–Crippen MR) is 102 cm³/mol. The molecule has 5 heteroatoms. The van der Waals surface area contributed by atoms with Gasteiger partial charge in [-0.15, -0.1) is 0 Å². The molecule has 0 aliphatic heterocycles. The first-order valence-corrected chi connectivity index (χ1v) is 8.93. The second-order valence-electron chi connectivity index (χ2n) is 6.30. The van der Waals surface area contributed by atoms with Gasteiger partial charge in [0.1, 0.15) is 0 Å². The molecule has 0 saturated heterocycles. The molecule has 0 fully saturated rings. The fourth-order valence-electron chi connectivity index (χ4n) is 2.78. The molecule has 2 rings (SSSR count). The molecule has 0 radical (unpaired) electrons. The van der Waals surface area contributed by atoms with Crippen LogP contribution in [-0.4, -0.2) is 36.1 Å². The minimum absolute atomic E-state index is 0.0669. The van der Waals surface area contributed by atoms with Gasteiger partial charge in [-0.2, -0.15) is 0 Å². The van der Waals surface area contributed by atoms with Gasteiger partial charge in [0.2, 0.25) is 5.91 Å². The monoisotopic (exact) mass is 354 g/mol. The average molecular weight is 354 g/mol. The summed E-state index contributed by atoms with van der Waals surface area (Å²) >= 11 is 0. The average Bonchev–Trinajstić information content (AvgIpc) is 2.64. The van der Waals surface area contributed by atoms with Gasteiger partial charge in [0.05, 0.1) is 13.0 Å². The highest BCUT2D eigenvalue weighted by atomic mass is 16.4. The van der Waals surface area contributed by atoms with E-state index in [4.69, 9.17) is 5.11 Å². The molecule has 0 heterocycles. The number of nitrogens with one attached hydrogen (secondary N) is 2. The zero-order chi connectivity index (χ0) is 18.6. The normalized spacial score (nSPS) is 11.7. The zero-order valence-corrected chi connectivity index (χ0v) is 14.9. The van der Waals surface area contributed by atoms with E-state index in [1.54, 1.807) is 0 Å². The Morgan fingerprint density at radius 1 is 0.885 bits per heavy atom. The number of carboxylic acid groups (broad SMARTS) is 1. The van der Waals surface area contributed by atoms with Crippen LogP contribution in [0.25, 0.3) is 0 Å². The summed E-state index contributed by atoms with van der Waals surface area (Å²) in [6, 6.07) is 19.6. The van der Waals surface area contributed by atoms with E-state index in [9.17, 15) is 9.59 Å². The SMILES string of the molecule is O=C(O)C[C@@H](CCc1ccccc1)NC(=O)CNCCc1ccccc1. The van der Waals surface area contributed by atoms with Gasteiger partial charge in [-0.1, -0.05) is 60.7 Å². The second kappa shape index (κ2) is 11.1. The summed E-state index contributed by atoms with van der Waals surface area (Å²) in [5, 5.41) is 15.0. The first kappa shape index (κ1) is 19.7. The van der Waals surface area contributed by atoms with Crippen molar-refractivity contribution in [3.8, 4) is 0 Å². The van der Waals surface area contributed by atoms with Crippen molar-refractivity contribution in [1.82, 2.24) is 10.6 Å². The number of hydrogen-bond donors (Lipinski definition) is 3. The maximum Gasteiger partial charge on any atom is 0.305 e. The largest absolute Gasteiger partial charge is 0.481 e. The quantitative estimate of drug-likeness (QED) is 0.542. The van der Waals surface area contributed by atoms with Crippen LogP contribution >= 0.6 is 0 Å². The van der Waals surface area contributed by atoms with E-state index in [1.165, 1.54) is 5.56 Å². The summed E-state index contributed by atoms with van der Waals surface area (Å²) in [5.41, 5.74) is 2.35. The molecule has 26 heavy (non-hydrogen) atoms. The van der Waals surface area contributed by atoms with Crippen molar-refractivity contribution in [2.24, 2.45) is 0 Å². The Balaban J connectivity index is 1.71. The Morgan fingerprint density at radius 2 is 1.46 bits per heavy atom. The van der Waals surface area contributed by atoms with E-state index < -0.39 is 5.97 Å². The van der Waals surface area contributed by atoms with Crippen LogP contribution in [0.2, 0.25) is 0 Å². The Hall–Kier alpha value is -2.66. The molecule has 1 atom stereocenters. The minimum atomic E-state index is -0.902. The third-order valence-electron chi connectivity index (χ3n) is 4.13. The topological polar surface area (TPSA) is 78.4 Å². The lowest BCUT2D eigenvalue weighted by Crippen LogP contribution is -2.42. The first-order valence-electron chi connectivity index (χ1n) is 8.93. The molecular weight excluding hydrogens is 328 g/mol. The van der Waals surface area contributed by atoms with E-state index in [2.05, 4.69) is 10.6 Å². The second-order valence-corrected chi connectivity index (χ2v) is 6.30. The van der Waals surface area contributed by atoms with Crippen LogP contribution in [0.5, 0.6) is 0 Å². The maximum absolute atomic E-state index is 12.1. The molecule has 2 aromatic rings. The van der Waals surface area contributed by atoms with Gasteiger partial charge in [-0.25, -0.2) is 0 Å². The van der Waals surface area contributed by atoms with Gasteiger partial charge < -0.3 is 15.7 Å². The number of carboxylic acids is 1. The van der Waals surface area contributed by atoms with Crippen molar-refractivity contribution >= 4 is 11.9 Å². The highest BCUT2D eigenvalue weighted by Crippen LogP contribution is 2.07. The summed E-state index contributed by atoms with van der Waals surface area (Å²) in [6.45, 7) is 0.888. The summed E-state index contributed by atoms with van der Waals surface area (Å²) in [7, 11) is 0. The molecule has 0 aliphatic carbocycles. The number of carbonyl (C=O) groups is 2. The molecule has 0 spiro atoms. The number of carbonyl (C=O) groups excluding carboxylic acids is 1. The van der Waals surface area contributed by atoms with Crippen LogP contribution in [0.1, 0.15) is 24.0 Å². The van der Waals surface area contributed by atoms with Crippen molar-refractivity contribution in [2.45, 2.75) is 31.7 Å². The van der Waals surface area contributed by atoms with Gasteiger partial charge in [-0.3, -0.25) is 9.59 Å². The van der Waals surface area contributed by atoms with Crippen molar-refractivity contribution in [3.63, 3.8) is 0 Å². The summed E-state index contributed by atoms with van der Waals surface area (Å²) in [6.07, 6.45) is 2.12. The fraction of sp³-hybridized carbons (Fsp3) is 0.333. The van der Waals surface area contributed by atoms with E-state index in [1.807, 2.05) is 60.7 Å². The van der Waals surface area contributed by atoms with Crippen molar-refractivity contribution < 1.29 is 14.7 Å². The van der Waals surface area contributed by atoms with E-state index >= 15 is 0 Å². The zero-order valence-electron chi connectivity index (χ0n) is 14.9. The first-order chi connectivity index (χ1) is 12.6. The maximum atomic E-state index is 12.1. The molecule has 0 aromatic heterocycles. The van der Waals surface area contributed by atoms with Crippen LogP contribution in [0.4, 0.5) is 0 Å². The van der Waals surface area contributed by atoms with Gasteiger partial charge >= 0.3 is 5.97 Å². The minimum Gasteiger partial charge on any atom is -0.481 e. The highest BCUT2D eigenvalue weighted by Gasteiger charge is 2.15. The molecule has 2 aromatic carbocycles. The highest BCUT2D eigenvalue weighted by molar-refractivity contribution is 5.79. The predicted octanol–water partition coefficient (Wildman–Crippen LogP) is 2.41. The van der Waals surface area contributed by atoms with Crippen molar-refractivity contribution in [1.29, 1.82) is 0 Å². The molecule has 0 unspecified atom stereocenters.